The summed E-state index contributed by atoms with van der Waals surface area (Å²) in [6.07, 6.45) is 2.46. The normalized spacial score (nSPS) is 22.2. The minimum atomic E-state index is 0.642. The van der Waals surface area contributed by atoms with Crippen LogP contribution in [0.25, 0.3) is 0 Å². The zero-order valence-electron chi connectivity index (χ0n) is 11.3. The molecular weight excluding hydrogens is 224 g/mol. The van der Waals surface area contributed by atoms with Gasteiger partial charge in [0.25, 0.3) is 0 Å². The fraction of sp³-hybridized carbons (Fsp3) is 0.600. The highest BCUT2D eigenvalue weighted by molar-refractivity contribution is 5.20. The summed E-state index contributed by atoms with van der Waals surface area (Å²) in [5.41, 5.74) is 0. The zero-order chi connectivity index (χ0) is 12.6. The van der Waals surface area contributed by atoms with E-state index in [1.54, 1.807) is 0 Å². The Morgan fingerprint density at radius 2 is 2.11 bits per heavy atom. The predicted molar refractivity (Wildman–Crippen MR) is 75.1 cm³/mol. The van der Waals surface area contributed by atoms with Crippen molar-refractivity contribution in [1.29, 1.82) is 0 Å². The number of hydrogen-bond acceptors (Lipinski definition) is 3. The van der Waals surface area contributed by atoms with Crippen LogP contribution < -0.4 is 10.1 Å². The largest absolute Gasteiger partial charge is 0.492 e. The Bertz CT molecular complexity index is 329. The molecule has 3 nitrogen and oxygen atoms in total. The van der Waals surface area contributed by atoms with Crippen molar-refractivity contribution in [3.8, 4) is 5.75 Å². The molecule has 100 valence electrons. The first-order valence-corrected chi connectivity index (χ1v) is 6.98. The molecule has 2 rings (SSSR count). The Morgan fingerprint density at radius 1 is 1.28 bits per heavy atom. The molecule has 1 heterocycles. The van der Waals surface area contributed by atoms with Crippen molar-refractivity contribution in [1.82, 2.24) is 10.2 Å². The second kappa shape index (κ2) is 7.39. The maximum absolute atomic E-state index is 5.75. The molecule has 0 aromatic heterocycles. The van der Waals surface area contributed by atoms with Gasteiger partial charge in [-0.1, -0.05) is 18.2 Å². The lowest BCUT2D eigenvalue weighted by Gasteiger charge is -2.27. The van der Waals surface area contributed by atoms with Gasteiger partial charge in [-0.3, -0.25) is 4.90 Å². The summed E-state index contributed by atoms with van der Waals surface area (Å²) in [4.78, 5) is 2.51. The molecule has 1 aromatic carbocycles. The number of benzene rings is 1. The van der Waals surface area contributed by atoms with E-state index in [1.165, 1.54) is 25.9 Å². The molecule has 1 fully saturated rings. The van der Waals surface area contributed by atoms with Gasteiger partial charge in [-0.15, -0.1) is 0 Å². The zero-order valence-corrected chi connectivity index (χ0v) is 11.3. The van der Waals surface area contributed by atoms with E-state index in [-0.39, 0.29) is 0 Å². The van der Waals surface area contributed by atoms with E-state index < -0.39 is 0 Å². The molecule has 0 amide bonds. The molecule has 0 spiro atoms. The number of nitrogens with zero attached hydrogens (tertiary/aromatic N) is 1. The van der Waals surface area contributed by atoms with Crippen LogP contribution in [0.4, 0.5) is 0 Å². The molecule has 0 saturated carbocycles. The minimum absolute atomic E-state index is 0.642. The van der Waals surface area contributed by atoms with Gasteiger partial charge < -0.3 is 10.1 Å². The van der Waals surface area contributed by atoms with E-state index >= 15 is 0 Å². The Morgan fingerprint density at radius 3 is 2.94 bits per heavy atom. The smallest absolute Gasteiger partial charge is 0.119 e. The lowest BCUT2D eigenvalue weighted by molar-refractivity contribution is 0.190. The molecular formula is C15H24N2O. The Hall–Kier alpha value is -1.06. The Labute approximate surface area is 110 Å². The SMILES string of the molecule is CC1CCN(CCOc2ccccc2)CCCN1. The first-order valence-electron chi connectivity index (χ1n) is 6.98. The van der Waals surface area contributed by atoms with Gasteiger partial charge in [-0.25, -0.2) is 0 Å². The number of hydrogen-bond donors (Lipinski definition) is 1. The van der Waals surface area contributed by atoms with Gasteiger partial charge in [-0.05, 0) is 51.5 Å². The van der Waals surface area contributed by atoms with Gasteiger partial charge in [0.1, 0.15) is 12.4 Å². The second-order valence-electron chi connectivity index (χ2n) is 5.00. The quantitative estimate of drug-likeness (QED) is 0.883. The highest BCUT2D eigenvalue weighted by Gasteiger charge is 2.11. The summed E-state index contributed by atoms with van der Waals surface area (Å²) in [6, 6.07) is 10.7. The van der Waals surface area contributed by atoms with Crippen LogP contribution in [0.15, 0.2) is 30.3 Å². The number of rotatable bonds is 4. The van der Waals surface area contributed by atoms with E-state index in [1.807, 2.05) is 30.3 Å². The molecule has 3 heteroatoms. The predicted octanol–water partition coefficient (Wildman–Crippen LogP) is 2.14. The third-order valence-corrected chi connectivity index (χ3v) is 3.44. The van der Waals surface area contributed by atoms with E-state index in [9.17, 15) is 0 Å². The van der Waals surface area contributed by atoms with E-state index in [0.29, 0.717) is 6.04 Å². The summed E-state index contributed by atoms with van der Waals surface area (Å²) >= 11 is 0. The maximum atomic E-state index is 5.75. The first-order chi connectivity index (χ1) is 8.84. The number of ether oxygens (including phenoxy) is 1. The van der Waals surface area contributed by atoms with E-state index in [4.69, 9.17) is 4.74 Å². The minimum Gasteiger partial charge on any atom is -0.492 e. The van der Waals surface area contributed by atoms with Gasteiger partial charge in [0.2, 0.25) is 0 Å². The van der Waals surface area contributed by atoms with Crippen molar-refractivity contribution in [2.24, 2.45) is 0 Å². The van der Waals surface area contributed by atoms with Gasteiger partial charge >= 0.3 is 0 Å². The molecule has 1 atom stereocenters. The standard InChI is InChI=1S/C15H24N2O/c1-14-8-11-17(10-5-9-16-14)12-13-18-15-6-3-2-4-7-15/h2-4,6-7,14,16H,5,8-13H2,1H3. The van der Waals surface area contributed by atoms with Crippen molar-refractivity contribution in [2.75, 3.05) is 32.8 Å². The molecule has 1 aliphatic heterocycles. The third kappa shape index (κ3) is 4.67. The lowest BCUT2D eigenvalue weighted by atomic mass is 10.2. The van der Waals surface area contributed by atoms with Crippen LogP contribution in [-0.2, 0) is 0 Å². The van der Waals surface area contributed by atoms with Crippen LogP contribution in [0.5, 0.6) is 5.75 Å². The molecule has 1 aliphatic rings. The molecule has 1 saturated heterocycles. The van der Waals surface area contributed by atoms with Crippen molar-refractivity contribution in [3.63, 3.8) is 0 Å². The van der Waals surface area contributed by atoms with Crippen molar-refractivity contribution in [3.05, 3.63) is 30.3 Å². The summed E-state index contributed by atoms with van der Waals surface area (Å²) in [5.74, 6) is 0.972. The molecule has 1 unspecified atom stereocenters. The van der Waals surface area contributed by atoms with Gasteiger partial charge in [-0.2, -0.15) is 0 Å². The van der Waals surface area contributed by atoms with Crippen molar-refractivity contribution in [2.45, 2.75) is 25.8 Å². The third-order valence-electron chi connectivity index (χ3n) is 3.44. The van der Waals surface area contributed by atoms with Gasteiger partial charge in [0, 0.05) is 12.6 Å². The van der Waals surface area contributed by atoms with Crippen LogP contribution >= 0.6 is 0 Å². The fourth-order valence-corrected chi connectivity index (χ4v) is 2.27. The van der Waals surface area contributed by atoms with Crippen LogP contribution in [-0.4, -0.2) is 43.7 Å². The number of nitrogens with one attached hydrogen (secondary N) is 1. The van der Waals surface area contributed by atoms with E-state index in [2.05, 4.69) is 17.1 Å². The molecule has 1 N–H and O–H groups in total. The highest BCUT2D eigenvalue weighted by Crippen LogP contribution is 2.08. The van der Waals surface area contributed by atoms with Crippen molar-refractivity contribution < 1.29 is 4.74 Å². The molecule has 18 heavy (non-hydrogen) atoms. The molecule has 0 radical (unpaired) electrons. The average molecular weight is 248 g/mol. The summed E-state index contributed by atoms with van der Waals surface area (Å²) in [5, 5.41) is 3.53. The topological polar surface area (TPSA) is 24.5 Å². The lowest BCUT2D eigenvalue weighted by Crippen LogP contribution is -2.39. The maximum Gasteiger partial charge on any atom is 0.119 e. The molecule has 1 aromatic rings. The molecule has 0 aliphatic carbocycles. The first kappa shape index (κ1) is 13.4. The van der Waals surface area contributed by atoms with Crippen LogP contribution in [0.1, 0.15) is 19.8 Å². The van der Waals surface area contributed by atoms with Crippen LogP contribution in [0.3, 0.4) is 0 Å². The highest BCUT2D eigenvalue weighted by atomic mass is 16.5. The average Bonchev–Trinajstić information content (AvgIpc) is 2.38. The van der Waals surface area contributed by atoms with Gasteiger partial charge in [0.15, 0.2) is 0 Å². The Kier molecular flexibility index (Phi) is 5.49. The van der Waals surface area contributed by atoms with Crippen LogP contribution in [0.2, 0.25) is 0 Å². The number of para-hydroxylation sites is 1. The van der Waals surface area contributed by atoms with Crippen LogP contribution in [0, 0.1) is 0 Å². The Balaban J connectivity index is 1.69. The second-order valence-corrected chi connectivity index (χ2v) is 5.00. The summed E-state index contributed by atoms with van der Waals surface area (Å²) in [6.45, 7) is 7.57. The monoisotopic (exact) mass is 248 g/mol. The van der Waals surface area contributed by atoms with E-state index in [0.717, 1.165) is 25.4 Å². The van der Waals surface area contributed by atoms with Crippen molar-refractivity contribution >= 4 is 0 Å². The molecule has 0 bridgehead atoms. The summed E-state index contributed by atoms with van der Waals surface area (Å²) in [7, 11) is 0. The summed E-state index contributed by atoms with van der Waals surface area (Å²) < 4.78 is 5.75. The van der Waals surface area contributed by atoms with Gasteiger partial charge in [0.05, 0.1) is 0 Å². The fourth-order valence-electron chi connectivity index (χ4n) is 2.27.